The Bertz CT molecular complexity index is 497. The fourth-order valence-corrected chi connectivity index (χ4v) is 2.40. The third-order valence-electron chi connectivity index (χ3n) is 2.46. The molecule has 1 aromatic carbocycles. The van der Waals surface area contributed by atoms with E-state index >= 15 is 0 Å². The van der Waals surface area contributed by atoms with Gasteiger partial charge in [0.1, 0.15) is 10.5 Å². The van der Waals surface area contributed by atoms with Crippen molar-refractivity contribution in [2.45, 2.75) is 18.6 Å². The minimum absolute atomic E-state index is 0.607. The molecule has 0 aliphatic rings. The molecule has 0 amide bonds. The van der Waals surface area contributed by atoms with Gasteiger partial charge in [-0.05, 0) is 47.5 Å². The van der Waals surface area contributed by atoms with Crippen molar-refractivity contribution in [1.29, 1.82) is 0 Å². The lowest BCUT2D eigenvalue weighted by atomic mass is 10.0. The first-order valence-electron chi connectivity index (χ1n) is 4.48. The van der Waals surface area contributed by atoms with Crippen LogP contribution in [-0.2, 0) is 13.8 Å². The zero-order valence-electron chi connectivity index (χ0n) is 9.12. The van der Waals surface area contributed by atoms with Gasteiger partial charge in [-0.25, -0.2) is 8.42 Å². The van der Waals surface area contributed by atoms with Crippen LogP contribution in [0.25, 0.3) is 0 Å². The van der Waals surface area contributed by atoms with E-state index in [1.165, 1.54) is 0 Å². The van der Waals surface area contributed by atoms with E-state index in [1.54, 1.807) is 39.2 Å². The van der Waals surface area contributed by atoms with Crippen LogP contribution in [0.3, 0.4) is 0 Å². The molecule has 0 N–H and O–H groups in total. The summed E-state index contributed by atoms with van der Waals surface area (Å²) < 4.78 is 27.5. The second-order valence-electron chi connectivity index (χ2n) is 3.80. The summed E-state index contributed by atoms with van der Waals surface area (Å²) in [5.41, 5.74) is 0.607. The first-order chi connectivity index (χ1) is 7.20. The maximum atomic E-state index is 11.4. The molecule has 16 heavy (non-hydrogen) atoms. The maximum Gasteiger partial charge on any atom is 0.241 e. The smallest absolute Gasteiger partial charge is 0.241 e. The van der Waals surface area contributed by atoms with Crippen LogP contribution in [0, 0.1) is 0 Å². The SMILES string of the molecule is COc1ccc(C(C)(C)S(=O)(=O)Cl)cc1Br. The van der Waals surface area contributed by atoms with Crippen molar-refractivity contribution in [3.05, 3.63) is 28.2 Å². The highest BCUT2D eigenvalue weighted by Gasteiger charge is 2.34. The molecule has 0 aliphatic carbocycles. The third-order valence-corrected chi connectivity index (χ3v) is 5.69. The van der Waals surface area contributed by atoms with Crippen molar-refractivity contribution < 1.29 is 13.2 Å². The Labute approximate surface area is 108 Å². The van der Waals surface area contributed by atoms with Crippen molar-refractivity contribution in [1.82, 2.24) is 0 Å². The highest BCUT2D eigenvalue weighted by molar-refractivity contribution is 9.10. The summed E-state index contributed by atoms with van der Waals surface area (Å²) in [5, 5.41) is 0. The molecule has 0 saturated carbocycles. The summed E-state index contributed by atoms with van der Waals surface area (Å²) >= 11 is 3.30. The number of halogens is 2. The molecule has 0 spiro atoms. The van der Waals surface area contributed by atoms with E-state index in [2.05, 4.69) is 15.9 Å². The highest BCUT2D eigenvalue weighted by Crippen LogP contribution is 2.36. The monoisotopic (exact) mass is 326 g/mol. The van der Waals surface area contributed by atoms with Crippen LogP contribution in [0.1, 0.15) is 19.4 Å². The number of benzene rings is 1. The van der Waals surface area contributed by atoms with E-state index in [9.17, 15) is 8.42 Å². The van der Waals surface area contributed by atoms with E-state index in [4.69, 9.17) is 15.4 Å². The quantitative estimate of drug-likeness (QED) is 0.800. The highest BCUT2D eigenvalue weighted by atomic mass is 79.9. The summed E-state index contributed by atoms with van der Waals surface area (Å²) in [5.74, 6) is 0.645. The van der Waals surface area contributed by atoms with Gasteiger partial charge >= 0.3 is 0 Å². The summed E-state index contributed by atoms with van der Waals surface area (Å²) in [7, 11) is 3.27. The summed E-state index contributed by atoms with van der Waals surface area (Å²) in [6.07, 6.45) is 0. The van der Waals surface area contributed by atoms with Gasteiger partial charge in [-0.2, -0.15) is 0 Å². The molecule has 6 heteroatoms. The Kier molecular flexibility index (Phi) is 3.92. The predicted molar refractivity (Wildman–Crippen MR) is 68.5 cm³/mol. The van der Waals surface area contributed by atoms with Gasteiger partial charge in [0.15, 0.2) is 0 Å². The van der Waals surface area contributed by atoms with E-state index in [1.807, 2.05) is 0 Å². The van der Waals surface area contributed by atoms with E-state index in [0.717, 1.165) is 0 Å². The Morgan fingerprint density at radius 2 is 1.94 bits per heavy atom. The molecule has 0 bridgehead atoms. The van der Waals surface area contributed by atoms with Gasteiger partial charge in [0.05, 0.1) is 11.6 Å². The molecule has 0 saturated heterocycles. The second-order valence-corrected chi connectivity index (χ2v) is 7.77. The van der Waals surface area contributed by atoms with Crippen molar-refractivity contribution in [2.75, 3.05) is 7.11 Å². The first-order valence-corrected chi connectivity index (χ1v) is 7.58. The molecule has 0 aromatic heterocycles. The molecular weight excluding hydrogens is 316 g/mol. The Morgan fingerprint density at radius 3 is 2.31 bits per heavy atom. The zero-order valence-corrected chi connectivity index (χ0v) is 12.3. The number of rotatable bonds is 3. The van der Waals surface area contributed by atoms with Crippen LogP contribution < -0.4 is 4.74 Å². The maximum absolute atomic E-state index is 11.4. The number of ether oxygens (including phenoxy) is 1. The largest absolute Gasteiger partial charge is 0.496 e. The van der Waals surface area contributed by atoms with E-state index in [-0.39, 0.29) is 0 Å². The molecule has 0 atom stereocenters. The molecule has 1 aromatic rings. The average Bonchev–Trinajstić information content (AvgIpc) is 2.15. The fourth-order valence-electron chi connectivity index (χ4n) is 1.18. The van der Waals surface area contributed by atoms with Gasteiger partial charge in [0, 0.05) is 10.7 Å². The van der Waals surface area contributed by atoms with Crippen LogP contribution in [0.4, 0.5) is 0 Å². The van der Waals surface area contributed by atoms with Crippen molar-refractivity contribution >= 4 is 35.7 Å². The van der Waals surface area contributed by atoms with Crippen LogP contribution >= 0.6 is 26.6 Å². The molecular formula is C10H12BrClO3S. The lowest BCUT2D eigenvalue weighted by Gasteiger charge is -2.21. The van der Waals surface area contributed by atoms with Gasteiger partial charge in [0.25, 0.3) is 0 Å². The van der Waals surface area contributed by atoms with Gasteiger partial charge < -0.3 is 4.74 Å². The minimum Gasteiger partial charge on any atom is -0.496 e. The lowest BCUT2D eigenvalue weighted by Crippen LogP contribution is -2.24. The standard InChI is InChI=1S/C10H12BrClO3S/c1-10(2,16(12,13)14)7-4-5-9(15-3)8(11)6-7/h4-6H,1-3H3. The predicted octanol–water partition coefficient (Wildman–Crippen LogP) is 3.26. The molecule has 90 valence electrons. The zero-order chi connectivity index (χ0) is 12.6. The Morgan fingerprint density at radius 1 is 1.38 bits per heavy atom. The normalized spacial score (nSPS) is 12.6. The topological polar surface area (TPSA) is 43.4 Å². The lowest BCUT2D eigenvalue weighted by molar-refractivity contribution is 0.411. The van der Waals surface area contributed by atoms with Gasteiger partial charge in [-0.1, -0.05) is 6.07 Å². The molecule has 1 rings (SSSR count). The summed E-state index contributed by atoms with van der Waals surface area (Å²) in [4.78, 5) is 0. The fraction of sp³-hybridized carbons (Fsp3) is 0.400. The van der Waals surface area contributed by atoms with E-state index < -0.39 is 13.8 Å². The van der Waals surface area contributed by atoms with Crippen molar-refractivity contribution in [3.8, 4) is 5.75 Å². The van der Waals surface area contributed by atoms with Gasteiger partial charge in [0.2, 0.25) is 9.05 Å². The molecule has 3 nitrogen and oxygen atoms in total. The number of hydrogen-bond donors (Lipinski definition) is 0. The molecule has 0 unspecified atom stereocenters. The number of methoxy groups -OCH3 is 1. The third kappa shape index (κ3) is 2.52. The van der Waals surface area contributed by atoms with Crippen molar-refractivity contribution in [3.63, 3.8) is 0 Å². The first kappa shape index (κ1) is 13.8. The van der Waals surface area contributed by atoms with Crippen LogP contribution in [0.2, 0.25) is 0 Å². The second kappa shape index (κ2) is 4.55. The summed E-state index contributed by atoms with van der Waals surface area (Å²) in [6.45, 7) is 3.12. The van der Waals surface area contributed by atoms with Crippen LogP contribution in [-0.4, -0.2) is 15.5 Å². The average molecular weight is 328 g/mol. The Balaban J connectivity index is 3.31. The van der Waals surface area contributed by atoms with Crippen LogP contribution in [0.5, 0.6) is 5.75 Å². The van der Waals surface area contributed by atoms with Crippen molar-refractivity contribution in [2.24, 2.45) is 0 Å². The number of hydrogen-bond acceptors (Lipinski definition) is 3. The van der Waals surface area contributed by atoms with Crippen LogP contribution in [0.15, 0.2) is 22.7 Å². The molecule has 0 fully saturated rings. The minimum atomic E-state index is -3.68. The Hall–Kier alpha value is -0.260. The molecule has 0 aliphatic heterocycles. The molecule has 0 radical (unpaired) electrons. The van der Waals surface area contributed by atoms with Gasteiger partial charge in [-0.3, -0.25) is 0 Å². The molecule has 0 heterocycles. The van der Waals surface area contributed by atoms with Gasteiger partial charge in [-0.15, -0.1) is 0 Å². The van der Waals surface area contributed by atoms with E-state index in [0.29, 0.717) is 15.8 Å². The summed E-state index contributed by atoms with van der Waals surface area (Å²) in [6, 6.07) is 5.07.